The van der Waals surface area contributed by atoms with E-state index in [0.717, 1.165) is 57.4 Å². The van der Waals surface area contributed by atoms with E-state index in [9.17, 15) is 4.79 Å². The van der Waals surface area contributed by atoms with Crippen LogP contribution < -0.4 is 19.6 Å². The number of aromatic nitrogens is 1. The van der Waals surface area contributed by atoms with E-state index in [-0.39, 0.29) is 11.6 Å². The second kappa shape index (κ2) is 12.5. The summed E-state index contributed by atoms with van der Waals surface area (Å²) < 4.78 is 12.0. The summed E-state index contributed by atoms with van der Waals surface area (Å²) in [5.74, 6) is 0.856. The second-order valence-corrected chi connectivity index (χ2v) is 15.7. The minimum absolute atomic E-state index is 0.0108. The molecule has 0 radical (unpaired) electrons. The van der Waals surface area contributed by atoms with Gasteiger partial charge < -0.3 is 4.74 Å². The Labute approximate surface area is 305 Å². The number of thiazole rings is 1. The Hall–Kier alpha value is -3.06. The average Bonchev–Trinajstić information content (AvgIpc) is 3.37. The molecule has 0 fully saturated rings. The highest BCUT2D eigenvalue weighted by atomic mass is 127. The number of allylic oxidation sites excluding steroid dienone is 1. The van der Waals surface area contributed by atoms with Crippen molar-refractivity contribution in [3.8, 4) is 5.75 Å². The molecule has 6 aromatic rings. The number of aryl methyl sites for hydroxylation is 1. The van der Waals surface area contributed by atoms with Gasteiger partial charge in [-0.15, -0.1) is 0 Å². The first-order valence-corrected chi connectivity index (χ1v) is 18.7. The van der Waals surface area contributed by atoms with Gasteiger partial charge in [0.05, 0.1) is 23.4 Å². The Kier molecular flexibility index (Phi) is 8.24. The molecule has 8 heteroatoms. The van der Waals surface area contributed by atoms with Gasteiger partial charge in [-0.25, -0.2) is 4.99 Å². The molecule has 1 aliphatic carbocycles. The fraction of sp³-hybridized carbons (Fsp3) is 0.105. The number of hydrogen-bond donors (Lipinski definition) is 0. The summed E-state index contributed by atoms with van der Waals surface area (Å²) in [5.41, 5.74) is 7.90. The molecular weight excluding hydrogens is 882 g/mol. The van der Waals surface area contributed by atoms with E-state index in [1.807, 2.05) is 10.6 Å². The Balaban J connectivity index is 1.19. The van der Waals surface area contributed by atoms with E-state index < -0.39 is 0 Å². The minimum atomic E-state index is -0.194. The molecule has 0 bridgehead atoms. The molecule has 5 aromatic carbocycles. The number of fused-ring (bicyclic) bond motifs is 4. The molecule has 0 amide bonds. The standard InChI is InChI=1S/C38H25BrI2N2O2S/c39-27-15-12-25(13-16-27)35-30-17-14-24-7-2-4-11-29(24)34(30)42-38-43(35)37(44)33(46-38)20-22-18-31(40)36(32(41)19-22)45-21-26-9-5-8-23-6-1-3-10-28(23)26/h1-13,15-16,18-20,35H,14,17,21H2/b33-20-/t35-/m1/s1. The number of rotatable bonds is 5. The van der Waals surface area contributed by atoms with Gasteiger partial charge in [-0.2, -0.15) is 0 Å². The average molecular weight is 907 g/mol. The highest BCUT2D eigenvalue weighted by Crippen LogP contribution is 2.41. The van der Waals surface area contributed by atoms with Crippen LogP contribution in [0.3, 0.4) is 0 Å². The van der Waals surface area contributed by atoms with Crippen LogP contribution in [0.15, 0.2) is 123 Å². The Bertz CT molecular complexity index is 2370. The number of hydrogen-bond acceptors (Lipinski definition) is 4. The molecule has 1 aromatic heterocycles. The van der Waals surface area contributed by atoms with Crippen LogP contribution in [0.4, 0.5) is 0 Å². The topological polar surface area (TPSA) is 43.6 Å². The van der Waals surface area contributed by atoms with Gasteiger partial charge in [0.15, 0.2) is 4.80 Å². The van der Waals surface area contributed by atoms with Crippen molar-refractivity contribution in [3.05, 3.63) is 168 Å². The summed E-state index contributed by atoms with van der Waals surface area (Å²) >= 11 is 9.72. The lowest BCUT2D eigenvalue weighted by Crippen LogP contribution is -2.38. The molecule has 226 valence electrons. The molecule has 8 rings (SSSR count). The van der Waals surface area contributed by atoms with Crippen LogP contribution in [0.1, 0.15) is 40.3 Å². The molecule has 0 spiro atoms. The van der Waals surface area contributed by atoms with Crippen LogP contribution in [0.2, 0.25) is 0 Å². The van der Waals surface area contributed by atoms with Crippen molar-refractivity contribution in [1.82, 2.24) is 4.57 Å². The third-order valence-electron chi connectivity index (χ3n) is 8.63. The zero-order valence-corrected chi connectivity index (χ0v) is 31.1. The predicted octanol–water partition coefficient (Wildman–Crippen LogP) is 9.02. The molecule has 4 nitrogen and oxygen atoms in total. The van der Waals surface area contributed by atoms with Crippen LogP contribution in [0.5, 0.6) is 5.75 Å². The molecule has 2 aliphatic rings. The van der Waals surface area contributed by atoms with Crippen molar-refractivity contribution in [1.29, 1.82) is 0 Å². The lowest BCUT2D eigenvalue weighted by atomic mass is 9.83. The molecular formula is C38H25BrI2N2O2S. The van der Waals surface area contributed by atoms with Crippen molar-refractivity contribution in [2.45, 2.75) is 25.5 Å². The first-order chi connectivity index (χ1) is 22.4. The highest BCUT2D eigenvalue weighted by Gasteiger charge is 2.32. The van der Waals surface area contributed by atoms with Crippen LogP contribution >= 0.6 is 72.4 Å². The summed E-state index contributed by atoms with van der Waals surface area (Å²) in [4.78, 5) is 20.1. The van der Waals surface area contributed by atoms with Gasteiger partial charge >= 0.3 is 0 Å². The molecule has 2 heterocycles. The summed E-state index contributed by atoms with van der Waals surface area (Å²) in [5, 5.41) is 2.41. The molecule has 0 unspecified atom stereocenters. The van der Waals surface area contributed by atoms with Crippen molar-refractivity contribution in [3.63, 3.8) is 0 Å². The fourth-order valence-electron chi connectivity index (χ4n) is 6.49. The second-order valence-electron chi connectivity index (χ2n) is 11.4. The lowest BCUT2D eigenvalue weighted by molar-refractivity contribution is 0.303. The van der Waals surface area contributed by atoms with E-state index >= 15 is 0 Å². The first kappa shape index (κ1) is 30.3. The van der Waals surface area contributed by atoms with E-state index in [0.29, 0.717) is 11.1 Å². The third-order valence-corrected chi connectivity index (χ3v) is 11.7. The van der Waals surface area contributed by atoms with E-state index in [1.165, 1.54) is 38.8 Å². The Morgan fingerprint density at radius 3 is 2.48 bits per heavy atom. The smallest absolute Gasteiger partial charge is 0.271 e. The van der Waals surface area contributed by atoms with Crippen LogP contribution in [0, 0.1) is 7.14 Å². The number of benzene rings is 5. The largest absolute Gasteiger partial charge is 0.487 e. The number of ether oxygens (including phenoxy) is 1. The molecule has 1 aliphatic heterocycles. The summed E-state index contributed by atoms with van der Waals surface area (Å²) in [7, 11) is 0. The van der Waals surface area contributed by atoms with Gasteiger partial charge in [0.1, 0.15) is 12.4 Å². The predicted molar refractivity (Wildman–Crippen MR) is 207 cm³/mol. The molecule has 0 saturated carbocycles. The number of nitrogens with zero attached hydrogens (tertiary/aromatic N) is 2. The summed E-state index contributed by atoms with van der Waals surface area (Å²) in [6, 6.07) is 35.5. The van der Waals surface area contributed by atoms with Gasteiger partial charge in [-0.1, -0.05) is 106 Å². The third kappa shape index (κ3) is 5.50. The Morgan fingerprint density at radius 2 is 1.65 bits per heavy atom. The van der Waals surface area contributed by atoms with Crippen LogP contribution in [0.25, 0.3) is 22.5 Å². The zero-order chi connectivity index (χ0) is 31.4. The quantitative estimate of drug-likeness (QED) is 0.162. The van der Waals surface area contributed by atoms with Gasteiger partial charge in [0.2, 0.25) is 0 Å². The monoisotopic (exact) mass is 906 g/mol. The zero-order valence-electron chi connectivity index (χ0n) is 24.3. The van der Waals surface area contributed by atoms with Crippen molar-refractivity contribution >= 4 is 95.0 Å². The normalized spacial score (nSPS) is 15.7. The van der Waals surface area contributed by atoms with E-state index in [1.54, 1.807) is 0 Å². The highest BCUT2D eigenvalue weighted by molar-refractivity contribution is 14.1. The van der Waals surface area contributed by atoms with E-state index in [2.05, 4.69) is 164 Å². The summed E-state index contributed by atoms with van der Waals surface area (Å²) in [6.45, 7) is 0.481. The molecule has 1 atom stereocenters. The molecule has 46 heavy (non-hydrogen) atoms. The first-order valence-electron chi connectivity index (χ1n) is 14.9. The molecule has 0 saturated heterocycles. The SMILES string of the molecule is O=c1/c(=C/c2cc(I)c(OCc3cccc4ccccc34)c(I)c2)sc2n1[C@H](c1ccc(Br)cc1)C1=C(N=2)c2ccccc2CC1. The maximum Gasteiger partial charge on any atom is 0.271 e. The van der Waals surface area contributed by atoms with Crippen LogP contribution in [-0.4, -0.2) is 4.57 Å². The maximum absolute atomic E-state index is 14.2. The van der Waals surface area contributed by atoms with Gasteiger partial charge in [0, 0.05) is 10.0 Å². The van der Waals surface area contributed by atoms with Crippen LogP contribution in [-0.2, 0) is 13.0 Å². The van der Waals surface area contributed by atoms with Gasteiger partial charge in [-0.3, -0.25) is 9.36 Å². The van der Waals surface area contributed by atoms with Crippen molar-refractivity contribution < 1.29 is 4.74 Å². The molecule has 0 N–H and O–H groups in total. The summed E-state index contributed by atoms with van der Waals surface area (Å²) in [6.07, 6.45) is 3.81. The number of halogens is 3. The van der Waals surface area contributed by atoms with Gasteiger partial charge in [0.25, 0.3) is 5.56 Å². The van der Waals surface area contributed by atoms with E-state index in [4.69, 9.17) is 9.73 Å². The Morgan fingerprint density at radius 1 is 0.913 bits per heavy atom. The van der Waals surface area contributed by atoms with Crippen molar-refractivity contribution in [2.24, 2.45) is 4.99 Å². The lowest BCUT2D eigenvalue weighted by Gasteiger charge is -2.30. The fourth-order valence-corrected chi connectivity index (χ4v) is 9.88. The van der Waals surface area contributed by atoms with Gasteiger partial charge in [-0.05, 0) is 127 Å². The van der Waals surface area contributed by atoms with Crippen molar-refractivity contribution in [2.75, 3.05) is 0 Å². The maximum atomic E-state index is 14.2. The minimum Gasteiger partial charge on any atom is -0.487 e.